The molecule has 1 aliphatic carbocycles. The van der Waals surface area contributed by atoms with E-state index in [1.807, 2.05) is 0 Å². The molecule has 0 amide bonds. The van der Waals surface area contributed by atoms with Gasteiger partial charge in [-0.15, -0.1) is 0 Å². The summed E-state index contributed by atoms with van der Waals surface area (Å²) in [6, 6.07) is 2.40. The van der Waals surface area contributed by atoms with E-state index in [0.29, 0.717) is 17.7 Å². The van der Waals surface area contributed by atoms with Crippen LogP contribution in [0.15, 0.2) is 43.0 Å². The maximum absolute atomic E-state index is 13.0. The van der Waals surface area contributed by atoms with Gasteiger partial charge in [0.15, 0.2) is 0 Å². The third-order valence-corrected chi connectivity index (χ3v) is 4.44. The van der Waals surface area contributed by atoms with Crippen LogP contribution in [-0.4, -0.2) is 25.3 Å². The van der Waals surface area contributed by atoms with Crippen molar-refractivity contribution < 1.29 is 22.6 Å². The van der Waals surface area contributed by atoms with E-state index in [2.05, 4.69) is 24.7 Å². The van der Waals surface area contributed by atoms with Crippen LogP contribution in [0.3, 0.4) is 0 Å². The van der Waals surface area contributed by atoms with E-state index in [0.717, 1.165) is 36.5 Å². The number of halogens is 3. The Hall–Kier alpha value is -1.92. The van der Waals surface area contributed by atoms with Crippen molar-refractivity contribution in [1.29, 1.82) is 0 Å². The second-order valence-electron chi connectivity index (χ2n) is 6.36. The number of alkyl halides is 3. The van der Waals surface area contributed by atoms with Crippen LogP contribution in [0, 0.1) is 5.92 Å². The van der Waals surface area contributed by atoms with Crippen LogP contribution in [0.2, 0.25) is 0 Å². The van der Waals surface area contributed by atoms with Crippen molar-refractivity contribution >= 4 is 5.57 Å². The molecule has 0 saturated heterocycles. The summed E-state index contributed by atoms with van der Waals surface area (Å²) in [5.74, 6) is -0.139. The number of hydrogen-bond donors (Lipinski definition) is 0. The van der Waals surface area contributed by atoms with Crippen molar-refractivity contribution in [3.05, 3.63) is 60.0 Å². The fourth-order valence-electron chi connectivity index (χ4n) is 3.14. The van der Waals surface area contributed by atoms with Gasteiger partial charge in [0.25, 0.3) is 0 Å². The first-order valence-corrected chi connectivity index (χ1v) is 8.44. The molecule has 1 saturated carbocycles. The van der Waals surface area contributed by atoms with E-state index in [9.17, 15) is 13.2 Å². The summed E-state index contributed by atoms with van der Waals surface area (Å²) < 4.78 is 49.5. The number of methoxy groups -OCH3 is 1. The molecule has 1 aliphatic rings. The number of ether oxygens (including phenoxy) is 2. The highest BCUT2D eigenvalue weighted by Gasteiger charge is 2.34. The minimum Gasteiger partial charge on any atom is -0.382 e. The SMILES string of the molecule is C=C1CCCC(=C)C1C(=C)c1ccc(C(F)(F)F)nc1COCCOC. The molecule has 0 aliphatic heterocycles. The second kappa shape index (κ2) is 8.64. The zero-order valence-electron chi connectivity index (χ0n) is 15.0. The highest BCUT2D eigenvalue weighted by Crippen LogP contribution is 2.41. The third kappa shape index (κ3) is 4.83. The van der Waals surface area contributed by atoms with Crippen molar-refractivity contribution in [3.8, 4) is 0 Å². The summed E-state index contributed by atoms with van der Waals surface area (Å²) in [5.41, 5.74) is 2.47. The molecular weight excluding hydrogens is 343 g/mol. The van der Waals surface area contributed by atoms with Gasteiger partial charge in [0.05, 0.1) is 25.5 Å². The van der Waals surface area contributed by atoms with E-state index in [4.69, 9.17) is 9.47 Å². The number of hydrogen-bond acceptors (Lipinski definition) is 3. The number of aromatic nitrogens is 1. The van der Waals surface area contributed by atoms with Crippen LogP contribution in [-0.2, 0) is 22.3 Å². The van der Waals surface area contributed by atoms with Gasteiger partial charge in [-0.25, -0.2) is 4.98 Å². The highest BCUT2D eigenvalue weighted by atomic mass is 19.4. The summed E-state index contributed by atoms with van der Waals surface area (Å²) in [6.07, 6.45) is -1.81. The summed E-state index contributed by atoms with van der Waals surface area (Å²) in [4.78, 5) is 3.80. The number of allylic oxidation sites excluding steroid dienone is 3. The average Bonchev–Trinajstić information content (AvgIpc) is 2.57. The van der Waals surface area contributed by atoms with E-state index in [1.54, 1.807) is 0 Å². The number of rotatable bonds is 7. The Morgan fingerprint density at radius 1 is 1.19 bits per heavy atom. The topological polar surface area (TPSA) is 31.4 Å². The van der Waals surface area contributed by atoms with Crippen LogP contribution in [0.5, 0.6) is 0 Å². The van der Waals surface area contributed by atoms with Gasteiger partial charge in [-0.2, -0.15) is 13.2 Å². The number of pyridine rings is 1. The summed E-state index contributed by atoms with van der Waals surface area (Å²) in [5, 5.41) is 0. The molecule has 0 radical (unpaired) electrons. The quantitative estimate of drug-likeness (QED) is 0.491. The first-order valence-electron chi connectivity index (χ1n) is 8.44. The molecule has 1 aromatic rings. The molecule has 0 unspecified atom stereocenters. The first-order chi connectivity index (χ1) is 12.3. The van der Waals surface area contributed by atoms with Crippen LogP contribution >= 0.6 is 0 Å². The molecule has 0 spiro atoms. The van der Waals surface area contributed by atoms with Gasteiger partial charge in [0, 0.05) is 18.6 Å². The molecule has 0 atom stereocenters. The Kier molecular flexibility index (Phi) is 6.78. The Morgan fingerprint density at radius 2 is 1.85 bits per heavy atom. The van der Waals surface area contributed by atoms with Crippen molar-refractivity contribution in [2.24, 2.45) is 5.92 Å². The lowest BCUT2D eigenvalue weighted by atomic mass is 9.75. The average molecular weight is 367 g/mol. The predicted molar refractivity (Wildman–Crippen MR) is 95.4 cm³/mol. The Morgan fingerprint density at radius 3 is 2.42 bits per heavy atom. The van der Waals surface area contributed by atoms with Crippen molar-refractivity contribution in [2.75, 3.05) is 20.3 Å². The van der Waals surface area contributed by atoms with E-state index in [1.165, 1.54) is 13.2 Å². The van der Waals surface area contributed by atoms with Crippen molar-refractivity contribution in [1.82, 2.24) is 4.98 Å². The molecule has 0 N–H and O–H groups in total. The van der Waals surface area contributed by atoms with Gasteiger partial charge in [0.2, 0.25) is 0 Å². The molecular formula is C20H24F3NO2. The maximum atomic E-state index is 13.0. The van der Waals surface area contributed by atoms with Gasteiger partial charge in [-0.05, 0) is 30.9 Å². The normalized spacial score (nSPS) is 16.2. The van der Waals surface area contributed by atoms with Crippen molar-refractivity contribution in [2.45, 2.75) is 32.0 Å². The fraction of sp³-hybridized carbons (Fsp3) is 0.450. The summed E-state index contributed by atoms with van der Waals surface area (Å²) in [7, 11) is 1.53. The molecule has 1 aromatic heterocycles. The minimum absolute atomic E-state index is 0.0483. The molecule has 3 nitrogen and oxygen atoms in total. The Bertz CT molecular complexity index is 679. The van der Waals surface area contributed by atoms with E-state index in [-0.39, 0.29) is 24.8 Å². The van der Waals surface area contributed by atoms with Gasteiger partial charge in [-0.1, -0.05) is 36.9 Å². The molecule has 1 heterocycles. The predicted octanol–water partition coefficient (Wildman–Crippen LogP) is 5.19. The Balaban J connectivity index is 2.34. The molecule has 2 rings (SSSR count). The third-order valence-electron chi connectivity index (χ3n) is 4.44. The van der Waals surface area contributed by atoms with Crippen LogP contribution in [0.25, 0.3) is 5.57 Å². The standard InChI is InChI=1S/C20H24F3NO2/c1-13-6-5-7-14(2)19(13)15(3)16-8-9-18(20(21,22)23)24-17(16)12-26-11-10-25-4/h8-9,19H,1-3,5-7,10-12H2,4H3. The first kappa shape index (κ1) is 20.4. The van der Waals surface area contributed by atoms with Gasteiger partial charge < -0.3 is 9.47 Å². The van der Waals surface area contributed by atoms with Gasteiger partial charge >= 0.3 is 6.18 Å². The highest BCUT2D eigenvalue weighted by molar-refractivity contribution is 5.72. The second-order valence-corrected chi connectivity index (χ2v) is 6.36. The lowest BCUT2D eigenvalue weighted by Crippen LogP contribution is -2.17. The molecule has 6 heteroatoms. The van der Waals surface area contributed by atoms with Crippen LogP contribution in [0.4, 0.5) is 13.2 Å². The van der Waals surface area contributed by atoms with Crippen molar-refractivity contribution in [3.63, 3.8) is 0 Å². The summed E-state index contributed by atoms with van der Waals surface area (Å²) >= 11 is 0. The minimum atomic E-state index is -4.51. The van der Waals surface area contributed by atoms with Crippen LogP contribution in [0.1, 0.15) is 36.2 Å². The zero-order valence-corrected chi connectivity index (χ0v) is 15.0. The zero-order chi connectivity index (χ0) is 19.3. The van der Waals surface area contributed by atoms with E-state index >= 15 is 0 Å². The van der Waals surface area contributed by atoms with Crippen LogP contribution < -0.4 is 0 Å². The molecule has 0 bridgehead atoms. The summed E-state index contributed by atoms with van der Waals surface area (Å²) in [6.45, 7) is 12.9. The van der Waals surface area contributed by atoms with Gasteiger partial charge in [0.1, 0.15) is 5.69 Å². The monoisotopic (exact) mass is 367 g/mol. The number of nitrogens with zero attached hydrogens (tertiary/aromatic N) is 1. The lowest BCUT2D eigenvalue weighted by molar-refractivity contribution is -0.141. The molecule has 1 fully saturated rings. The molecule has 26 heavy (non-hydrogen) atoms. The fourth-order valence-corrected chi connectivity index (χ4v) is 3.14. The smallest absolute Gasteiger partial charge is 0.382 e. The largest absolute Gasteiger partial charge is 0.433 e. The molecule has 142 valence electrons. The Labute approximate surface area is 152 Å². The maximum Gasteiger partial charge on any atom is 0.433 e. The van der Waals surface area contributed by atoms with E-state index < -0.39 is 11.9 Å². The van der Waals surface area contributed by atoms with Gasteiger partial charge in [-0.3, -0.25) is 0 Å². The lowest BCUT2D eigenvalue weighted by Gasteiger charge is -2.30. The molecule has 0 aromatic carbocycles.